The zero-order valence-electron chi connectivity index (χ0n) is 14.8. The van der Waals surface area contributed by atoms with Crippen molar-refractivity contribution in [3.63, 3.8) is 0 Å². The highest BCUT2D eigenvalue weighted by Crippen LogP contribution is 2.16. The Morgan fingerprint density at radius 2 is 1.33 bits per heavy atom. The molecule has 0 radical (unpaired) electrons. The number of ketones is 1. The van der Waals surface area contributed by atoms with Crippen molar-refractivity contribution in [3.05, 3.63) is 101 Å². The highest BCUT2D eigenvalue weighted by Gasteiger charge is 2.08. The molecule has 0 atom stereocenters. The van der Waals surface area contributed by atoms with E-state index in [-0.39, 0.29) is 12.2 Å². The quantitative estimate of drug-likeness (QED) is 0.600. The van der Waals surface area contributed by atoms with Crippen molar-refractivity contribution in [2.24, 2.45) is 0 Å². The minimum atomic E-state index is -0.801. The van der Waals surface area contributed by atoms with E-state index in [4.69, 9.17) is 9.84 Å². The predicted molar refractivity (Wildman–Crippen MR) is 103 cm³/mol. The highest BCUT2D eigenvalue weighted by molar-refractivity contribution is 6.08. The molecule has 0 aromatic heterocycles. The van der Waals surface area contributed by atoms with Crippen LogP contribution < -0.4 is 4.74 Å². The molecule has 0 amide bonds. The van der Waals surface area contributed by atoms with Gasteiger partial charge in [-0.1, -0.05) is 66.7 Å². The Labute approximate surface area is 158 Å². The lowest BCUT2D eigenvalue weighted by Gasteiger charge is -2.08. The maximum absolute atomic E-state index is 12.4. The summed E-state index contributed by atoms with van der Waals surface area (Å²) in [6.07, 6.45) is 0.626. The van der Waals surface area contributed by atoms with Crippen LogP contribution in [0.4, 0.5) is 0 Å². The van der Waals surface area contributed by atoms with Crippen molar-refractivity contribution < 1.29 is 19.4 Å². The molecule has 0 aliphatic rings. The van der Waals surface area contributed by atoms with Gasteiger partial charge < -0.3 is 9.84 Å². The molecule has 1 N–H and O–H groups in total. The van der Waals surface area contributed by atoms with Crippen LogP contribution in [-0.4, -0.2) is 16.9 Å². The van der Waals surface area contributed by atoms with Gasteiger partial charge >= 0.3 is 5.97 Å². The van der Waals surface area contributed by atoms with Gasteiger partial charge in [0.1, 0.15) is 12.4 Å². The number of hydrogen-bond acceptors (Lipinski definition) is 3. The Hall–Kier alpha value is -3.40. The number of rotatable bonds is 8. The van der Waals surface area contributed by atoms with Gasteiger partial charge in [-0.3, -0.25) is 9.59 Å². The number of benzene rings is 3. The number of carboxylic acid groups (broad SMARTS) is 1. The Morgan fingerprint density at radius 1 is 0.741 bits per heavy atom. The third-order valence-electron chi connectivity index (χ3n) is 4.21. The molecule has 0 spiro atoms. The van der Waals surface area contributed by atoms with Gasteiger partial charge in [0, 0.05) is 17.5 Å². The molecular weight excluding hydrogens is 340 g/mol. The first-order chi connectivity index (χ1) is 13.1. The molecule has 3 aromatic rings. The molecule has 0 bridgehead atoms. The number of aryl methyl sites for hydroxylation is 1. The van der Waals surface area contributed by atoms with Crippen molar-refractivity contribution in [3.8, 4) is 5.75 Å². The lowest BCUT2D eigenvalue weighted by atomic mass is 10.0. The van der Waals surface area contributed by atoms with Crippen LogP contribution >= 0.6 is 0 Å². The van der Waals surface area contributed by atoms with Gasteiger partial charge in [0.25, 0.3) is 0 Å². The average Bonchev–Trinajstić information content (AvgIpc) is 2.72. The van der Waals surface area contributed by atoms with Crippen molar-refractivity contribution >= 4 is 11.8 Å². The van der Waals surface area contributed by atoms with Crippen LogP contribution in [0.1, 0.15) is 33.5 Å². The maximum Gasteiger partial charge on any atom is 0.303 e. The summed E-state index contributed by atoms with van der Waals surface area (Å²) in [5, 5.41) is 8.71. The van der Waals surface area contributed by atoms with E-state index in [1.54, 1.807) is 12.1 Å². The standard InChI is InChI=1S/C23H20O4/c24-22(25)15-10-17-8-13-21(14-9-17)27-16-18-6-11-20(12-7-18)23(26)19-4-2-1-3-5-19/h1-9,11-14H,10,15-16H2,(H,24,25). The molecule has 0 saturated carbocycles. The van der Waals surface area contributed by atoms with E-state index in [2.05, 4.69) is 0 Å². The van der Waals surface area contributed by atoms with Crippen molar-refractivity contribution in [2.45, 2.75) is 19.4 Å². The number of aliphatic carboxylic acids is 1. The van der Waals surface area contributed by atoms with Crippen molar-refractivity contribution in [1.29, 1.82) is 0 Å². The molecule has 0 saturated heterocycles. The van der Waals surface area contributed by atoms with Gasteiger partial charge in [0.2, 0.25) is 0 Å². The fourth-order valence-electron chi connectivity index (χ4n) is 2.68. The third kappa shape index (κ3) is 5.28. The second-order valence-corrected chi connectivity index (χ2v) is 6.22. The van der Waals surface area contributed by atoms with Crippen LogP contribution in [0, 0.1) is 0 Å². The SMILES string of the molecule is O=C(O)CCc1ccc(OCc2ccc(C(=O)c3ccccc3)cc2)cc1. The smallest absolute Gasteiger partial charge is 0.303 e. The zero-order chi connectivity index (χ0) is 19.1. The molecule has 27 heavy (non-hydrogen) atoms. The van der Waals surface area contributed by atoms with Gasteiger partial charge in [-0.15, -0.1) is 0 Å². The van der Waals surface area contributed by atoms with Crippen LogP contribution in [0.15, 0.2) is 78.9 Å². The number of ether oxygens (including phenoxy) is 1. The van der Waals surface area contributed by atoms with Gasteiger partial charge in [0.05, 0.1) is 0 Å². The monoisotopic (exact) mass is 360 g/mol. The number of carboxylic acids is 1. The molecule has 3 aromatic carbocycles. The molecule has 0 aliphatic heterocycles. The summed E-state index contributed by atoms with van der Waals surface area (Å²) in [6, 6.07) is 24.0. The summed E-state index contributed by atoms with van der Waals surface area (Å²) in [4.78, 5) is 23.0. The van der Waals surface area contributed by atoms with Crippen molar-refractivity contribution in [2.75, 3.05) is 0 Å². The van der Waals surface area contributed by atoms with Crippen LogP contribution in [0.25, 0.3) is 0 Å². The molecule has 0 heterocycles. The molecular formula is C23H20O4. The molecule has 0 unspecified atom stereocenters. The Balaban J connectivity index is 1.56. The Kier molecular flexibility index (Phi) is 6.00. The van der Waals surface area contributed by atoms with Crippen LogP contribution in [-0.2, 0) is 17.8 Å². The average molecular weight is 360 g/mol. The molecule has 0 aliphatic carbocycles. The van der Waals surface area contributed by atoms with Crippen LogP contribution in [0.2, 0.25) is 0 Å². The number of hydrogen-bond donors (Lipinski definition) is 1. The summed E-state index contributed by atoms with van der Waals surface area (Å²) in [5.41, 5.74) is 3.25. The molecule has 136 valence electrons. The zero-order valence-corrected chi connectivity index (χ0v) is 14.8. The summed E-state index contributed by atoms with van der Waals surface area (Å²) in [5.74, 6) is -0.0805. The summed E-state index contributed by atoms with van der Waals surface area (Å²) < 4.78 is 5.76. The van der Waals surface area contributed by atoms with Gasteiger partial charge in [-0.25, -0.2) is 0 Å². The van der Waals surface area contributed by atoms with E-state index < -0.39 is 5.97 Å². The Bertz CT molecular complexity index is 897. The molecule has 0 fully saturated rings. The maximum atomic E-state index is 12.4. The fourth-order valence-corrected chi connectivity index (χ4v) is 2.68. The normalized spacial score (nSPS) is 10.4. The van der Waals surface area contributed by atoms with E-state index in [9.17, 15) is 9.59 Å². The number of carbonyl (C=O) groups is 2. The van der Waals surface area contributed by atoms with Gasteiger partial charge in [-0.05, 0) is 29.7 Å². The predicted octanol–water partition coefficient (Wildman–Crippen LogP) is 4.51. The minimum Gasteiger partial charge on any atom is -0.489 e. The Morgan fingerprint density at radius 3 is 1.96 bits per heavy atom. The molecule has 3 rings (SSSR count). The lowest BCUT2D eigenvalue weighted by molar-refractivity contribution is -0.136. The van der Waals surface area contributed by atoms with Crippen molar-refractivity contribution in [1.82, 2.24) is 0 Å². The summed E-state index contributed by atoms with van der Waals surface area (Å²) >= 11 is 0. The van der Waals surface area contributed by atoms with E-state index in [0.717, 1.165) is 16.9 Å². The third-order valence-corrected chi connectivity index (χ3v) is 4.21. The van der Waals surface area contributed by atoms with Crippen LogP contribution in [0.5, 0.6) is 5.75 Å². The molecule has 4 heteroatoms. The van der Waals surface area contributed by atoms with Gasteiger partial charge in [-0.2, -0.15) is 0 Å². The highest BCUT2D eigenvalue weighted by atomic mass is 16.5. The largest absolute Gasteiger partial charge is 0.489 e. The fraction of sp³-hybridized carbons (Fsp3) is 0.130. The van der Waals surface area contributed by atoms with E-state index in [1.807, 2.05) is 66.7 Å². The summed E-state index contributed by atoms with van der Waals surface area (Å²) in [6.45, 7) is 0.397. The van der Waals surface area contributed by atoms with Gasteiger partial charge in [0.15, 0.2) is 5.78 Å². The first-order valence-electron chi connectivity index (χ1n) is 8.74. The number of carbonyl (C=O) groups excluding carboxylic acids is 1. The van der Waals surface area contributed by atoms with Crippen LogP contribution in [0.3, 0.4) is 0 Å². The minimum absolute atomic E-state index is 0.0000167. The topological polar surface area (TPSA) is 63.6 Å². The molecule has 4 nitrogen and oxygen atoms in total. The first kappa shape index (κ1) is 18.4. The second kappa shape index (κ2) is 8.81. The van der Waals surface area contributed by atoms with E-state index >= 15 is 0 Å². The van der Waals surface area contributed by atoms with E-state index in [1.165, 1.54) is 0 Å². The second-order valence-electron chi connectivity index (χ2n) is 6.22. The first-order valence-corrected chi connectivity index (χ1v) is 8.74. The van der Waals surface area contributed by atoms with E-state index in [0.29, 0.717) is 24.2 Å². The summed E-state index contributed by atoms with van der Waals surface area (Å²) in [7, 11) is 0. The lowest BCUT2D eigenvalue weighted by Crippen LogP contribution is -2.02.